The Labute approximate surface area is 142 Å². The van der Waals surface area contributed by atoms with Gasteiger partial charge in [0.25, 0.3) is 0 Å². The van der Waals surface area contributed by atoms with Crippen LogP contribution in [0.25, 0.3) is 0 Å². The highest BCUT2D eigenvalue weighted by Gasteiger charge is 2.39. The van der Waals surface area contributed by atoms with Crippen LogP contribution < -0.4 is 0 Å². The van der Waals surface area contributed by atoms with Crippen LogP contribution in [-0.4, -0.2) is 20.1 Å². The molecule has 22 heavy (non-hydrogen) atoms. The van der Waals surface area contributed by atoms with E-state index < -0.39 is 5.60 Å². The van der Waals surface area contributed by atoms with Gasteiger partial charge in [-0.25, -0.2) is 4.68 Å². The molecule has 4 nitrogen and oxygen atoms in total. The Kier molecular flexibility index (Phi) is 4.26. The number of benzene rings is 2. The Morgan fingerprint density at radius 1 is 1.05 bits per heavy atom. The van der Waals surface area contributed by atoms with E-state index in [0.717, 1.165) is 14.7 Å². The number of aliphatic hydroxyl groups is 1. The van der Waals surface area contributed by atoms with Gasteiger partial charge in [-0.05, 0) is 52.8 Å². The molecule has 0 spiro atoms. The van der Waals surface area contributed by atoms with Gasteiger partial charge in [0, 0.05) is 9.77 Å². The van der Waals surface area contributed by atoms with E-state index in [-0.39, 0.29) is 6.04 Å². The van der Waals surface area contributed by atoms with Gasteiger partial charge >= 0.3 is 0 Å². The van der Waals surface area contributed by atoms with Gasteiger partial charge in [-0.1, -0.05) is 47.7 Å². The van der Waals surface area contributed by atoms with E-state index in [1.54, 1.807) is 17.1 Å². The Morgan fingerprint density at radius 2 is 1.68 bits per heavy atom. The molecule has 0 aliphatic carbocycles. The van der Waals surface area contributed by atoms with Crippen LogP contribution >= 0.6 is 22.6 Å². The number of hydrogen-bond acceptors (Lipinski definition) is 3. The average molecular weight is 405 g/mol. The highest BCUT2D eigenvalue weighted by Crippen LogP contribution is 2.39. The summed E-state index contributed by atoms with van der Waals surface area (Å²) in [6.45, 7) is 1.94. The second-order valence-electron chi connectivity index (χ2n) is 5.20. The second-order valence-corrected chi connectivity index (χ2v) is 6.44. The lowest BCUT2D eigenvalue weighted by molar-refractivity contribution is 0.0240. The number of hydrogen-bond donors (Lipinski definition) is 1. The second kappa shape index (κ2) is 6.18. The molecule has 1 heterocycles. The standard InChI is InChI=1S/C17H16IN3O/c1-13(21-12-11-19-20-21)17(22,14-5-3-2-4-6-14)15-7-9-16(18)10-8-15/h2-13,22H,1H3. The van der Waals surface area contributed by atoms with Gasteiger partial charge in [0.1, 0.15) is 5.60 Å². The topological polar surface area (TPSA) is 50.9 Å². The smallest absolute Gasteiger partial charge is 0.137 e. The molecule has 0 fully saturated rings. The van der Waals surface area contributed by atoms with Gasteiger partial charge in [0.05, 0.1) is 12.2 Å². The third kappa shape index (κ3) is 2.66. The molecule has 0 bridgehead atoms. The lowest BCUT2D eigenvalue weighted by Crippen LogP contribution is -2.37. The maximum absolute atomic E-state index is 11.6. The number of aromatic nitrogens is 3. The van der Waals surface area contributed by atoms with Crippen LogP contribution in [0.2, 0.25) is 0 Å². The van der Waals surface area contributed by atoms with Crippen LogP contribution in [0.3, 0.4) is 0 Å². The summed E-state index contributed by atoms with van der Waals surface area (Å²) in [6, 6.07) is 17.3. The van der Waals surface area contributed by atoms with E-state index in [1.165, 1.54) is 0 Å². The fourth-order valence-corrected chi connectivity index (χ4v) is 3.02. The largest absolute Gasteiger partial charge is 0.378 e. The van der Waals surface area contributed by atoms with Gasteiger partial charge in [0.15, 0.2) is 0 Å². The lowest BCUT2D eigenvalue weighted by Gasteiger charge is -2.35. The molecule has 0 aliphatic heterocycles. The molecule has 1 aromatic heterocycles. The molecule has 3 aromatic rings. The maximum Gasteiger partial charge on any atom is 0.137 e. The molecular weight excluding hydrogens is 389 g/mol. The molecule has 5 heteroatoms. The normalized spacial score (nSPS) is 15.2. The number of halogens is 1. The number of nitrogens with zero attached hydrogens (tertiary/aromatic N) is 3. The van der Waals surface area contributed by atoms with Crippen molar-refractivity contribution >= 4 is 22.6 Å². The summed E-state index contributed by atoms with van der Waals surface area (Å²) in [5.74, 6) is 0. The summed E-state index contributed by atoms with van der Waals surface area (Å²) in [6.07, 6.45) is 3.39. The fourth-order valence-electron chi connectivity index (χ4n) is 2.66. The summed E-state index contributed by atoms with van der Waals surface area (Å²) in [7, 11) is 0. The Bertz CT molecular complexity index is 728. The van der Waals surface area contributed by atoms with Crippen molar-refractivity contribution in [3.63, 3.8) is 0 Å². The SMILES string of the molecule is CC(n1ccnn1)C(O)(c1ccccc1)c1ccc(I)cc1. The van der Waals surface area contributed by atoms with Crippen molar-refractivity contribution in [1.82, 2.24) is 15.0 Å². The molecule has 112 valence electrons. The first-order chi connectivity index (χ1) is 10.6. The van der Waals surface area contributed by atoms with Crippen molar-refractivity contribution in [2.75, 3.05) is 0 Å². The minimum absolute atomic E-state index is 0.294. The minimum Gasteiger partial charge on any atom is -0.378 e. The number of rotatable bonds is 4. The van der Waals surface area contributed by atoms with Gasteiger partial charge < -0.3 is 5.11 Å². The predicted octanol–water partition coefficient (Wildman–Crippen LogP) is 3.38. The summed E-state index contributed by atoms with van der Waals surface area (Å²) >= 11 is 2.26. The fraction of sp³-hybridized carbons (Fsp3) is 0.176. The van der Waals surface area contributed by atoms with Crippen molar-refractivity contribution in [2.24, 2.45) is 0 Å². The summed E-state index contributed by atoms with van der Waals surface area (Å²) < 4.78 is 2.82. The Morgan fingerprint density at radius 3 is 2.27 bits per heavy atom. The van der Waals surface area contributed by atoms with Gasteiger partial charge in [0.2, 0.25) is 0 Å². The zero-order valence-corrected chi connectivity index (χ0v) is 14.3. The maximum atomic E-state index is 11.6. The van der Waals surface area contributed by atoms with Gasteiger partial charge in [-0.2, -0.15) is 0 Å². The summed E-state index contributed by atoms with van der Waals surface area (Å²) in [4.78, 5) is 0. The predicted molar refractivity (Wildman–Crippen MR) is 93.3 cm³/mol. The summed E-state index contributed by atoms with van der Waals surface area (Å²) in [5, 5.41) is 19.5. The molecule has 3 rings (SSSR count). The summed E-state index contributed by atoms with van der Waals surface area (Å²) in [5.41, 5.74) is 0.487. The van der Waals surface area contributed by atoms with Crippen LogP contribution in [0, 0.1) is 3.57 Å². The van der Waals surface area contributed by atoms with E-state index >= 15 is 0 Å². The van der Waals surface area contributed by atoms with Crippen LogP contribution in [0.4, 0.5) is 0 Å². The van der Waals surface area contributed by atoms with E-state index in [0.29, 0.717) is 0 Å². The van der Waals surface area contributed by atoms with Crippen molar-refractivity contribution in [3.8, 4) is 0 Å². The van der Waals surface area contributed by atoms with Crippen LogP contribution in [0.15, 0.2) is 67.0 Å². The molecule has 0 saturated carbocycles. The van der Waals surface area contributed by atoms with Crippen molar-refractivity contribution in [2.45, 2.75) is 18.6 Å². The highest BCUT2D eigenvalue weighted by molar-refractivity contribution is 14.1. The van der Waals surface area contributed by atoms with E-state index in [2.05, 4.69) is 32.9 Å². The molecule has 0 aliphatic rings. The van der Waals surface area contributed by atoms with Gasteiger partial charge in [-0.3, -0.25) is 0 Å². The first-order valence-electron chi connectivity index (χ1n) is 7.02. The highest BCUT2D eigenvalue weighted by atomic mass is 127. The van der Waals surface area contributed by atoms with Crippen LogP contribution in [0.1, 0.15) is 24.1 Å². The third-order valence-corrected chi connectivity index (χ3v) is 4.66. The molecule has 2 aromatic carbocycles. The van der Waals surface area contributed by atoms with E-state index in [4.69, 9.17) is 0 Å². The third-order valence-electron chi connectivity index (χ3n) is 3.94. The molecular formula is C17H16IN3O. The zero-order valence-electron chi connectivity index (χ0n) is 12.1. The first-order valence-corrected chi connectivity index (χ1v) is 8.10. The molecule has 2 unspecified atom stereocenters. The van der Waals surface area contributed by atoms with E-state index in [9.17, 15) is 5.11 Å². The van der Waals surface area contributed by atoms with Crippen LogP contribution in [0.5, 0.6) is 0 Å². The molecule has 0 saturated heterocycles. The molecule has 1 N–H and O–H groups in total. The minimum atomic E-state index is -1.18. The molecule has 0 radical (unpaired) electrons. The average Bonchev–Trinajstić information content (AvgIpc) is 3.09. The van der Waals surface area contributed by atoms with E-state index in [1.807, 2.05) is 61.5 Å². The lowest BCUT2D eigenvalue weighted by atomic mass is 9.81. The Hall–Kier alpha value is -1.73. The first kappa shape index (κ1) is 15.2. The molecule has 0 amide bonds. The van der Waals surface area contributed by atoms with Crippen LogP contribution in [-0.2, 0) is 5.60 Å². The molecule has 2 atom stereocenters. The van der Waals surface area contributed by atoms with Crippen molar-refractivity contribution in [1.29, 1.82) is 0 Å². The Balaban J connectivity index is 2.16. The quantitative estimate of drug-likeness (QED) is 0.678. The van der Waals surface area contributed by atoms with Crippen molar-refractivity contribution < 1.29 is 5.11 Å². The van der Waals surface area contributed by atoms with Gasteiger partial charge in [-0.15, -0.1) is 5.10 Å². The van der Waals surface area contributed by atoms with Crippen molar-refractivity contribution in [3.05, 3.63) is 81.7 Å². The zero-order chi connectivity index (χ0) is 15.6. The monoisotopic (exact) mass is 405 g/mol.